The second-order valence-corrected chi connectivity index (χ2v) is 6.25. The van der Waals surface area contributed by atoms with Crippen molar-refractivity contribution in [3.05, 3.63) is 59.7 Å². The van der Waals surface area contributed by atoms with Crippen LogP contribution in [0.4, 0.5) is 0 Å². The van der Waals surface area contributed by atoms with Crippen LogP contribution in [0.5, 0.6) is 11.5 Å². The summed E-state index contributed by atoms with van der Waals surface area (Å²) in [6.45, 7) is 3.24. The maximum atomic E-state index is 12.2. The van der Waals surface area contributed by atoms with Gasteiger partial charge < -0.3 is 25.4 Å². The third kappa shape index (κ3) is 5.72. The summed E-state index contributed by atoms with van der Waals surface area (Å²) in [4.78, 5) is 24.2. The topological polar surface area (TPSA) is 119 Å². The largest absolute Gasteiger partial charge is 0.504 e. The van der Waals surface area contributed by atoms with E-state index in [1.54, 1.807) is 50.2 Å². The Balaban J connectivity index is 1.87. The van der Waals surface area contributed by atoms with Crippen LogP contribution in [0.3, 0.4) is 0 Å². The maximum Gasteiger partial charge on any atom is 0.338 e. The molecule has 0 bridgehead atoms. The molecule has 4 N–H and O–H groups in total. The molecule has 0 radical (unpaired) electrons. The second kappa shape index (κ2) is 9.05. The summed E-state index contributed by atoms with van der Waals surface area (Å²) in [7, 11) is 0. The molecule has 3 atom stereocenters. The van der Waals surface area contributed by atoms with Crippen LogP contribution in [-0.2, 0) is 20.7 Å². The Morgan fingerprint density at radius 3 is 2.22 bits per heavy atom. The van der Waals surface area contributed by atoms with Gasteiger partial charge in [-0.3, -0.25) is 4.79 Å². The number of ether oxygens (including phenoxy) is 2. The zero-order chi connectivity index (χ0) is 20.0. The van der Waals surface area contributed by atoms with Crippen LogP contribution < -0.4 is 5.73 Å². The van der Waals surface area contributed by atoms with Crippen LogP contribution in [0.2, 0.25) is 0 Å². The Labute approximate surface area is 157 Å². The lowest BCUT2D eigenvalue weighted by Gasteiger charge is -2.22. The highest BCUT2D eigenvalue weighted by Crippen LogP contribution is 2.25. The lowest BCUT2D eigenvalue weighted by Crippen LogP contribution is -2.39. The molecule has 7 heteroatoms. The molecule has 27 heavy (non-hydrogen) atoms. The lowest BCUT2D eigenvalue weighted by molar-refractivity contribution is -0.154. The van der Waals surface area contributed by atoms with Gasteiger partial charge in [-0.15, -0.1) is 0 Å². The molecule has 0 saturated heterocycles. The second-order valence-electron chi connectivity index (χ2n) is 6.25. The van der Waals surface area contributed by atoms with E-state index in [0.717, 1.165) is 0 Å². The number of carbonyl (C=O) groups is 2. The van der Waals surface area contributed by atoms with E-state index in [-0.39, 0.29) is 17.9 Å². The van der Waals surface area contributed by atoms with E-state index in [2.05, 4.69) is 0 Å². The molecule has 144 valence electrons. The predicted molar refractivity (Wildman–Crippen MR) is 98.3 cm³/mol. The smallest absolute Gasteiger partial charge is 0.338 e. The number of hydrogen-bond acceptors (Lipinski definition) is 7. The standard InChI is InChI=1S/C20H23NO6/c1-12(26-19(24)15-6-4-3-5-7-15)13(2)27-20(25)16(21)10-14-8-9-17(22)18(23)11-14/h3-9,11-13,16,22-23H,10,21H2,1-2H3/t12-,13+,16-/m0/s1. The molecule has 0 heterocycles. The third-order valence-corrected chi connectivity index (χ3v) is 4.06. The van der Waals surface area contributed by atoms with E-state index in [1.165, 1.54) is 12.1 Å². The molecule has 0 spiro atoms. The normalized spacial score (nSPS) is 14.0. The van der Waals surface area contributed by atoms with E-state index in [9.17, 15) is 19.8 Å². The van der Waals surface area contributed by atoms with Crippen molar-refractivity contribution < 1.29 is 29.3 Å². The van der Waals surface area contributed by atoms with Crippen molar-refractivity contribution in [3.8, 4) is 11.5 Å². The number of hydrogen-bond donors (Lipinski definition) is 3. The van der Waals surface area contributed by atoms with Crippen LogP contribution >= 0.6 is 0 Å². The number of carbonyl (C=O) groups excluding carboxylic acids is 2. The van der Waals surface area contributed by atoms with Crippen molar-refractivity contribution >= 4 is 11.9 Å². The highest BCUT2D eigenvalue weighted by molar-refractivity contribution is 5.89. The first-order chi connectivity index (χ1) is 12.8. The molecular weight excluding hydrogens is 350 g/mol. The molecule has 0 unspecified atom stereocenters. The molecule has 0 aromatic heterocycles. The van der Waals surface area contributed by atoms with Crippen molar-refractivity contribution in [3.63, 3.8) is 0 Å². The van der Waals surface area contributed by atoms with Gasteiger partial charge in [0.1, 0.15) is 18.2 Å². The highest BCUT2D eigenvalue weighted by atomic mass is 16.6. The van der Waals surface area contributed by atoms with Gasteiger partial charge in [-0.2, -0.15) is 0 Å². The van der Waals surface area contributed by atoms with Gasteiger partial charge in [0.25, 0.3) is 0 Å². The van der Waals surface area contributed by atoms with Gasteiger partial charge in [-0.05, 0) is 50.1 Å². The Bertz CT molecular complexity index is 792. The average Bonchev–Trinajstić information content (AvgIpc) is 2.65. The van der Waals surface area contributed by atoms with Crippen LogP contribution in [0, 0.1) is 0 Å². The molecule has 0 amide bonds. The fourth-order valence-electron chi connectivity index (χ4n) is 2.31. The van der Waals surface area contributed by atoms with E-state index in [4.69, 9.17) is 15.2 Å². The zero-order valence-electron chi connectivity index (χ0n) is 15.2. The number of aromatic hydroxyl groups is 2. The summed E-state index contributed by atoms with van der Waals surface area (Å²) >= 11 is 0. The van der Waals surface area contributed by atoms with Crippen molar-refractivity contribution in [2.45, 2.75) is 38.5 Å². The fraction of sp³-hybridized carbons (Fsp3) is 0.300. The molecule has 0 aliphatic carbocycles. The molecule has 2 aromatic rings. The first-order valence-electron chi connectivity index (χ1n) is 8.51. The van der Waals surface area contributed by atoms with Crippen LogP contribution in [-0.4, -0.2) is 40.4 Å². The number of benzene rings is 2. The minimum atomic E-state index is -0.964. The number of phenolic OH excluding ortho intramolecular Hbond substituents is 2. The van der Waals surface area contributed by atoms with E-state index < -0.39 is 30.2 Å². The van der Waals surface area contributed by atoms with Gasteiger partial charge in [0, 0.05) is 0 Å². The maximum absolute atomic E-state index is 12.2. The van der Waals surface area contributed by atoms with Gasteiger partial charge >= 0.3 is 11.9 Å². The van der Waals surface area contributed by atoms with Crippen molar-refractivity contribution in [1.82, 2.24) is 0 Å². The van der Waals surface area contributed by atoms with E-state index in [0.29, 0.717) is 11.1 Å². The summed E-state index contributed by atoms with van der Waals surface area (Å²) in [6, 6.07) is 11.7. The minimum Gasteiger partial charge on any atom is -0.504 e. The van der Waals surface area contributed by atoms with Gasteiger partial charge in [0.05, 0.1) is 5.56 Å². The SMILES string of the molecule is C[C@H](OC(=O)c1ccccc1)[C@@H](C)OC(=O)[C@@H](N)Cc1ccc(O)c(O)c1. The number of nitrogens with two attached hydrogens (primary N) is 1. The van der Waals surface area contributed by atoms with E-state index >= 15 is 0 Å². The van der Waals surface area contributed by atoms with Gasteiger partial charge in [0.2, 0.25) is 0 Å². The molecule has 2 rings (SSSR count). The summed E-state index contributed by atoms with van der Waals surface area (Å²) in [5.74, 6) is -1.70. The fourth-order valence-corrected chi connectivity index (χ4v) is 2.31. The summed E-state index contributed by atoms with van der Waals surface area (Å²) in [5, 5.41) is 18.8. The van der Waals surface area contributed by atoms with Crippen LogP contribution in [0.15, 0.2) is 48.5 Å². The third-order valence-electron chi connectivity index (χ3n) is 4.06. The lowest BCUT2D eigenvalue weighted by atomic mass is 10.1. The van der Waals surface area contributed by atoms with Crippen molar-refractivity contribution in [1.29, 1.82) is 0 Å². The Hall–Kier alpha value is -3.06. The molecule has 0 aliphatic rings. The van der Waals surface area contributed by atoms with Gasteiger partial charge in [0.15, 0.2) is 11.5 Å². The molecular formula is C20H23NO6. The Morgan fingerprint density at radius 2 is 1.59 bits per heavy atom. The molecule has 2 aromatic carbocycles. The molecule has 7 nitrogen and oxygen atoms in total. The molecule has 0 fully saturated rings. The first-order valence-corrected chi connectivity index (χ1v) is 8.51. The Morgan fingerprint density at radius 1 is 0.963 bits per heavy atom. The number of rotatable bonds is 7. The predicted octanol–water partition coefficient (Wildman–Crippen LogP) is 2.14. The minimum absolute atomic E-state index is 0.123. The zero-order valence-corrected chi connectivity index (χ0v) is 15.2. The first kappa shape index (κ1) is 20.3. The van der Waals surface area contributed by atoms with E-state index in [1.807, 2.05) is 0 Å². The number of phenols is 2. The average molecular weight is 373 g/mol. The van der Waals surface area contributed by atoms with Crippen molar-refractivity contribution in [2.75, 3.05) is 0 Å². The summed E-state index contributed by atoms with van der Waals surface area (Å²) in [6.07, 6.45) is -1.23. The molecule has 0 aliphatic heterocycles. The monoisotopic (exact) mass is 373 g/mol. The quantitative estimate of drug-likeness (QED) is 0.502. The Kier molecular flexibility index (Phi) is 6.79. The van der Waals surface area contributed by atoms with Gasteiger partial charge in [-0.1, -0.05) is 24.3 Å². The number of esters is 2. The van der Waals surface area contributed by atoms with Crippen LogP contribution in [0.1, 0.15) is 29.8 Å². The van der Waals surface area contributed by atoms with Crippen LogP contribution in [0.25, 0.3) is 0 Å². The molecule has 0 saturated carbocycles. The summed E-state index contributed by atoms with van der Waals surface area (Å²) < 4.78 is 10.6. The summed E-state index contributed by atoms with van der Waals surface area (Å²) in [5.41, 5.74) is 6.84. The highest BCUT2D eigenvalue weighted by Gasteiger charge is 2.24. The van der Waals surface area contributed by atoms with Crippen molar-refractivity contribution in [2.24, 2.45) is 5.73 Å². The van der Waals surface area contributed by atoms with Gasteiger partial charge in [-0.25, -0.2) is 4.79 Å².